The van der Waals surface area contributed by atoms with Gasteiger partial charge in [0.05, 0.1) is 12.1 Å². The van der Waals surface area contributed by atoms with E-state index in [9.17, 15) is 5.11 Å². The lowest BCUT2D eigenvalue weighted by atomic mass is 9.80. The van der Waals surface area contributed by atoms with E-state index in [4.69, 9.17) is 0 Å². The minimum absolute atomic E-state index is 0.211. The van der Waals surface area contributed by atoms with Gasteiger partial charge in [0.25, 0.3) is 0 Å². The Kier molecular flexibility index (Phi) is 4.50. The van der Waals surface area contributed by atoms with Gasteiger partial charge < -0.3 is 10.0 Å². The van der Waals surface area contributed by atoms with Crippen LogP contribution in [0.25, 0.3) is 0 Å². The number of aliphatic hydroxyl groups is 1. The second-order valence-electron chi connectivity index (χ2n) is 6.99. The highest BCUT2D eigenvalue weighted by Crippen LogP contribution is 2.33. The average Bonchev–Trinajstić information content (AvgIpc) is 2.66. The van der Waals surface area contributed by atoms with E-state index in [2.05, 4.69) is 45.1 Å². The number of hydrogen-bond acceptors (Lipinski definition) is 4. The molecular formula is C20H25N3O. The van der Waals surface area contributed by atoms with Crippen LogP contribution in [0.15, 0.2) is 54.7 Å². The number of fused-ring (bicyclic) bond motifs is 3. The molecule has 5 rings (SSSR count). The second-order valence-corrected chi connectivity index (χ2v) is 6.99. The topological polar surface area (TPSA) is 39.6 Å². The maximum Gasteiger partial charge on any atom is 0.128 e. The molecule has 0 amide bonds. The van der Waals surface area contributed by atoms with E-state index in [1.54, 1.807) is 0 Å². The van der Waals surface area contributed by atoms with Gasteiger partial charge in [0.1, 0.15) is 5.82 Å². The Labute approximate surface area is 143 Å². The number of nitrogens with zero attached hydrogens (tertiary/aromatic N) is 3. The summed E-state index contributed by atoms with van der Waals surface area (Å²) in [6, 6.07) is 16.8. The second kappa shape index (κ2) is 6.91. The van der Waals surface area contributed by atoms with E-state index >= 15 is 0 Å². The van der Waals surface area contributed by atoms with Crippen LogP contribution in [-0.2, 0) is 6.54 Å². The van der Waals surface area contributed by atoms with E-state index in [1.165, 1.54) is 5.56 Å². The molecule has 4 heteroatoms. The summed E-state index contributed by atoms with van der Waals surface area (Å²) in [5.41, 5.74) is 1.27. The minimum Gasteiger partial charge on any atom is -0.391 e. The summed E-state index contributed by atoms with van der Waals surface area (Å²) in [6.45, 7) is 3.88. The van der Waals surface area contributed by atoms with Crippen LogP contribution >= 0.6 is 0 Å². The largest absolute Gasteiger partial charge is 0.391 e. The van der Waals surface area contributed by atoms with Crippen molar-refractivity contribution in [1.29, 1.82) is 0 Å². The van der Waals surface area contributed by atoms with Gasteiger partial charge in [-0.25, -0.2) is 4.98 Å². The molecule has 126 valence electrons. The molecule has 4 heterocycles. The normalized spacial score (nSPS) is 28.7. The fourth-order valence-corrected chi connectivity index (χ4v) is 4.16. The molecular weight excluding hydrogens is 298 g/mol. The van der Waals surface area contributed by atoms with Crippen LogP contribution in [0.4, 0.5) is 5.82 Å². The summed E-state index contributed by atoms with van der Waals surface area (Å²) in [7, 11) is 0. The third kappa shape index (κ3) is 3.17. The molecule has 3 aliphatic heterocycles. The van der Waals surface area contributed by atoms with Gasteiger partial charge in [0.15, 0.2) is 0 Å². The van der Waals surface area contributed by atoms with Gasteiger partial charge in [0.2, 0.25) is 0 Å². The summed E-state index contributed by atoms with van der Waals surface area (Å²) in [4.78, 5) is 9.33. The molecule has 2 aromatic rings. The standard InChI is InChI=1S/C20H25N3O/c24-20-17-9-12-22(13-10-17)18(20)15-23(19-8-4-5-11-21-19)14-16-6-2-1-3-7-16/h1-8,11,17-18,20,24H,9-10,12-15H2. The molecule has 2 unspecified atom stereocenters. The van der Waals surface area contributed by atoms with E-state index in [1.807, 2.05) is 24.4 Å². The van der Waals surface area contributed by atoms with E-state index in [0.717, 1.165) is 44.8 Å². The smallest absolute Gasteiger partial charge is 0.128 e. The van der Waals surface area contributed by atoms with Crippen molar-refractivity contribution >= 4 is 5.82 Å². The number of pyridine rings is 1. The van der Waals surface area contributed by atoms with Crippen molar-refractivity contribution in [2.75, 3.05) is 24.5 Å². The molecule has 2 atom stereocenters. The first-order valence-corrected chi connectivity index (χ1v) is 8.93. The first-order chi connectivity index (χ1) is 11.8. The zero-order valence-corrected chi connectivity index (χ0v) is 14.0. The third-order valence-corrected chi connectivity index (χ3v) is 5.52. The van der Waals surface area contributed by atoms with Crippen LogP contribution in [0.2, 0.25) is 0 Å². The molecule has 0 spiro atoms. The Bertz CT molecular complexity index is 638. The number of piperidine rings is 3. The predicted molar refractivity (Wildman–Crippen MR) is 95.8 cm³/mol. The molecule has 1 N–H and O–H groups in total. The monoisotopic (exact) mass is 323 g/mol. The SMILES string of the molecule is OC1C2CCN(CC2)C1CN(Cc1ccccc1)c1ccccn1. The van der Waals surface area contributed by atoms with Crippen molar-refractivity contribution in [2.24, 2.45) is 5.92 Å². The Hall–Kier alpha value is -1.91. The first kappa shape index (κ1) is 15.6. The molecule has 3 saturated heterocycles. The van der Waals surface area contributed by atoms with Gasteiger partial charge in [-0.15, -0.1) is 0 Å². The van der Waals surface area contributed by atoms with Crippen LogP contribution in [0.5, 0.6) is 0 Å². The van der Waals surface area contributed by atoms with Gasteiger partial charge in [0, 0.05) is 19.3 Å². The predicted octanol–water partition coefficient (Wildman–Crippen LogP) is 2.54. The Morgan fingerprint density at radius 1 is 1.04 bits per heavy atom. The summed E-state index contributed by atoms with van der Waals surface area (Å²) < 4.78 is 0. The molecule has 0 saturated carbocycles. The lowest BCUT2D eigenvalue weighted by Crippen LogP contribution is -2.61. The molecule has 4 nitrogen and oxygen atoms in total. The summed E-state index contributed by atoms with van der Waals surface area (Å²) in [5, 5.41) is 10.7. The zero-order valence-electron chi connectivity index (χ0n) is 14.0. The number of anilines is 1. The molecule has 3 fully saturated rings. The number of aromatic nitrogens is 1. The van der Waals surface area contributed by atoms with Crippen LogP contribution in [0, 0.1) is 5.92 Å². The Morgan fingerprint density at radius 3 is 2.46 bits per heavy atom. The summed E-state index contributed by atoms with van der Waals surface area (Å²) in [6.07, 6.45) is 3.91. The fraction of sp³-hybridized carbons (Fsp3) is 0.450. The van der Waals surface area contributed by atoms with E-state index in [0.29, 0.717) is 5.92 Å². The van der Waals surface area contributed by atoms with Crippen molar-refractivity contribution in [2.45, 2.75) is 31.5 Å². The quantitative estimate of drug-likeness (QED) is 0.918. The molecule has 0 aliphatic carbocycles. The molecule has 1 aromatic carbocycles. The molecule has 1 aromatic heterocycles. The first-order valence-electron chi connectivity index (χ1n) is 8.93. The number of benzene rings is 1. The van der Waals surface area contributed by atoms with Crippen LogP contribution in [-0.4, -0.2) is 46.8 Å². The van der Waals surface area contributed by atoms with Gasteiger partial charge in [-0.2, -0.15) is 0 Å². The van der Waals surface area contributed by atoms with Crippen LogP contribution in [0.3, 0.4) is 0 Å². The highest BCUT2D eigenvalue weighted by Gasteiger charge is 2.41. The lowest BCUT2D eigenvalue weighted by molar-refractivity contribution is -0.0688. The van der Waals surface area contributed by atoms with Crippen molar-refractivity contribution in [3.8, 4) is 0 Å². The summed E-state index contributed by atoms with van der Waals surface area (Å²) in [5.74, 6) is 1.46. The Morgan fingerprint density at radius 2 is 1.79 bits per heavy atom. The van der Waals surface area contributed by atoms with Gasteiger partial charge in [-0.1, -0.05) is 36.4 Å². The highest BCUT2D eigenvalue weighted by atomic mass is 16.3. The fourth-order valence-electron chi connectivity index (χ4n) is 4.16. The van der Waals surface area contributed by atoms with Crippen LogP contribution < -0.4 is 4.90 Å². The molecule has 2 bridgehead atoms. The van der Waals surface area contributed by atoms with Gasteiger partial charge in [-0.05, 0) is 49.5 Å². The van der Waals surface area contributed by atoms with E-state index in [-0.39, 0.29) is 12.1 Å². The number of rotatable bonds is 5. The highest BCUT2D eigenvalue weighted by molar-refractivity contribution is 5.39. The minimum atomic E-state index is -0.213. The third-order valence-electron chi connectivity index (χ3n) is 5.52. The molecule has 3 aliphatic rings. The Balaban J connectivity index is 1.56. The van der Waals surface area contributed by atoms with Gasteiger partial charge in [-0.3, -0.25) is 4.90 Å². The zero-order chi connectivity index (χ0) is 16.4. The lowest BCUT2D eigenvalue weighted by Gasteiger charge is -2.50. The molecule has 0 radical (unpaired) electrons. The van der Waals surface area contributed by atoms with Crippen molar-refractivity contribution < 1.29 is 5.11 Å². The van der Waals surface area contributed by atoms with Gasteiger partial charge >= 0.3 is 0 Å². The van der Waals surface area contributed by atoms with Crippen molar-refractivity contribution in [3.05, 3.63) is 60.3 Å². The maximum absolute atomic E-state index is 10.7. The van der Waals surface area contributed by atoms with Crippen LogP contribution in [0.1, 0.15) is 18.4 Å². The maximum atomic E-state index is 10.7. The molecule has 24 heavy (non-hydrogen) atoms. The van der Waals surface area contributed by atoms with Crippen molar-refractivity contribution in [3.63, 3.8) is 0 Å². The van der Waals surface area contributed by atoms with E-state index < -0.39 is 0 Å². The summed E-state index contributed by atoms with van der Waals surface area (Å²) >= 11 is 0. The number of aliphatic hydroxyl groups excluding tert-OH is 1. The average molecular weight is 323 g/mol. The number of hydrogen-bond donors (Lipinski definition) is 1. The van der Waals surface area contributed by atoms with Crippen molar-refractivity contribution in [1.82, 2.24) is 9.88 Å².